The van der Waals surface area contributed by atoms with Crippen LogP contribution in [0.2, 0.25) is 0 Å². The molecule has 0 spiro atoms. The van der Waals surface area contributed by atoms with Crippen LogP contribution in [0.25, 0.3) is 0 Å². The normalized spacial score (nSPS) is 11.1. The van der Waals surface area contributed by atoms with Gasteiger partial charge in [-0.2, -0.15) is 5.26 Å². The molecule has 0 atom stereocenters. The number of methoxy groups -OCH3 is 1. The molecule has 0 aliphatic carbocycles. The summed E-state index contributed by atoms with van der Waals surface area (Å²) in [6, 6.07) is 14.1. The van der Waals surface area contributed by atoms with E-state index in [0.717, 1.165) is 12.1 Å². The number of nitrogens with zero attached hydrogens (tertiary/aromatic N) is 1. The first-order valence-electron chi connectivity index (χ1n) is 10.1. The fourth-order valence-electron chi connectivity index (χ4n) is 3.24. The van der Waals surface area contributed by atoms with E-state index in [1.54, 1.807) is 19.1 Å². The maximum absolute atomic E-state index is 13.2. The molecule has 0 radical (unpaired) electrons. The molecule has 0 unspecified atom stereocenters. The highest BCUT2D eigenvalue weighted by molar-refractivity contribution is 7.89. The number of hydrogen-bond donors (Lipinski definition) is 2. The third-order valence-corrected chi connectivity index (χ3v) is 5.84. The lowest BCUT2D eigenvalue weighted by Gasteiger charge is -2.14. The molecule has 35 heavy (non-hydrogen) atoms. The average molecular weight is 502 g/mol. The Kier molecular flexibility index (Phi) is 7.68. The molecule has 0 bridgehead atoms. The molecule has 3 N–H and O–H groups in total. The number of aryl methyl sites for hydroxylation is 1. The van der Waals surface area contributed by atoms with Crippen molar-refractivity contribution in [3.05, 3.63) is 76.9 Å². The summed E-state index contributed by atoms with van der Waals surface area (Å²) in [6.45, 7) is 1.63. The number of alkyl halides is 2. The van der Waals surface area contributed by atoms with Crippen LogP contribution < -0.4 is 19.9 Å². The summed E-state index contributed by atoms with van der Waals surface area (Å²) in [5.41, 5.74) is 1.10. The van der Waals surface area contributed by atoms with E-state index < -0.39 is 16.4 Å². The van der Waals surface area contributed by atoms with E-state index in [9.17, 15) is 22.0 Å². The molecule has 0 saturated heterocycles. The molecule has 11 heteroatoms. The fraction of sp³-hybridized carbons (Fsp3) is 0.167. The number of carbonyl (C=O) groups is 1. The van der Waals surface area contributed by atoms with Crippen LogP contribution in [-0.2, 0) is 21.2 Å². The minimum Gasteiger partial charge on any atom is -0.493 e. The van der Waals surface area contributed by atoms with Gasteiger partial charge in [0.1, 0.15) is 5.75 Å². The van der Waals surface area contributed by atoms with E-state index in [2.05, 4.69) is 5.32 Å². The van der Waals surface area contributed by atoms with Crippen LogP contribution in [0, 0.1) is 18.3 Å². The van der Waals surface area contributed by atoms with Gasteiger partial charge in [-0.3, -0.25) is 4.79 Å². The lowest BCUT2D eigenvalue weighted by molar-refractivity contribution is -0.115. The van der Waals surface area contributed by atoms with Gasteiger partial charge in [-0.15, -0.1) is 0 Å². The van der Waals surface area contributed by atoms with E-state index in [0.29, 0.717) is 22.6 Å². The van der Waals surface area contributed by atoms with Gasteiger partial charge in [0.25, 0.3) is 6.43 Å². The monoisotopic (exact) mass is 501 g/mol. The average Bonchev–Trinajstić information content (AvgIpc) is 2.79. The van der Waals surface area contributed by atoms with Gasteiger partial charge in [0.05, 0.1) is 30.1 Å². The first-order valence-corrected chi connectivity index (χ1v) is 11.7. The van der Waals surface area contributed by atoms with Gasteiger partial charge in [-0.1, -0.05) is 6.07 Å². The summed E-state index contributed by atoms with van der Waals surface area (Å²) >= 11 is 0. The van der Waals surface area contributed by atoms with Crippen molar-refractivity contribution in [3.8, 4) is 23.3 Å². The molecule has 3 aromatic rings. The van der Waals surface area contributed by atoms with Crippen molar-refractivity contribution in [2.45, 2.75) is 24.7 Å². The van der Waals surface area contributed by atoms with Crippen molar-refractivity contribution in [2.24, 2.45) is 5.14 Å². The number of hydrogen-bond acceptors (Lipinski definition) is 6. The molecule has 182 valence electrons. The van der Waals surface area contributed by atoms with E-state index in [-0.39, 0.29) is 39.8 Å². The van der Waals surface area contributed by atoms with Crippen LogP contribution in [0.1, 0.15) is 28.7 Å². The van der Waals surface area contributed by atoms with Crippen LogP contribution >= 0.6 is 0 Å². The second kappa shape index (κ2) is 10.5. The summed E-state index contributed by atoms with van der Waals surface area (Å²) < 4.78 is 60.3. The Morgan fingerprint density at radius 3 is 2.46 bits per heavy atom. The van der Waals surface area contributed by atoms with Crippen molar-refractivity contribution < 1.29 is 31.5 Å². The zero-order valence-corrected chi connectivity index (χ0v) is 19.5. The van der Waals surface area contributed by atoms with Crippen molar-refractivity contribution in [3.63, 3.8) is 0 Å². The molecule has 0 aliphatic heterocycles. The Morgan fingerprint density at radius 2 is 1.86 bits per heavy atom. The minimum absolute atomic E-state index is 0.0103. The highest BCUT2D eigenvalue weighted by Gasteiger charge is 2.15. The van der Waals surface area contributed by atoms with Gasteiger partial charge in [-0.25, -0.2) is 22.3 Å². The van der Waals surface area contributed by atoms with Gasteiger partial charge in [0.15, 0.2) is 11.5 Å². The fourth-order valence-corrected chi connectivity index (χ4v) is 3.84. The molecular weight excluding hydrogens is 480 g/mol. The summed E-state index contributed by atoms with van der Waals surface area (Å²) in [4.78, 5) is 12.5. The number of benzene rings is 3. The maximum atomic E-state index is 13.2. The van der Waals surface area contributed by atoms with E-state index in [4.69, 9.17) is 19.9 Å². The van der Waals surface area contributed by atoms with Crippen LogP contribution in [-0.4, -0.2) is 21.4 Å². The van der Waals surface area contributed by atoms with Crippen molar-refractivity contribution >= 4 is 21.6 Å². The Bertz CT molecular complexity index is 1420. The number of rotatable bonds is 8. The number of carbonyl (C=O) groups excluding carboxylic acids is 1. The molecule has 8 nitrogen and oxygen atoms in total. The topological polar surface area (TPSA) is 132 Å². The van der Waals surface area contributed by atoms with Gasteiger partial charge < -0.3 is 14.8 Å². The third-order valence-electron chi connectivity index (χ3n) is 4.93. The molecule has 1 amide bonds. The summed E-state index contributed by atoms with van der Waals surface area (Å²) in [6.07, 6.45) is -2.86. The second-order valence-corrected chi connectivity index (χ2v) is 9.10. The van der Waals surface area contributed by atoms with Crippen LogP contribution in [0.15, 0.2) is 59.5 Å². The summed E-state index contributed by atoms with van der Waals surface area (Å²) in [7, 11) is -2.46. The van der Waals surface area contributed by atoms with Gasteiger partial charge in [-0.05, 0) is 66.6 Å². The second-order valence-electron chi connectivity index (χ2n) is 7.54. The first-order chi connectivity index (χ1) is 16.5. The van der Waals surface area contributed by atoms with Gasteiger partial charge >= 0.3 is 0 Å². The maximum Gasteiger partial charge on any atom is 0.264 e. The quantitative estimate of drug-likeness (QED) is 0.469. The number of nitrogens with two attached hydrogens (primary N) is 1. The lowest BCUT2D eigenvalue weighted by Crippen LogP contribution is -2.16. The van der Waals surface area contributed by atoms with Crippen LogP contribution in [0.5, 0.6) is 17.2 Å². The van der Waals surface area contributed by atoms with Gasteiger partial charge in [0, 0.05) is 11.3 Å². The van der Waals surface area contributed by atoms with Crippen LogP contribution in [0.3, 0.4) is 0 Å². The zero-order chi connectivity index (χ0) is 25.8. The number of primary sulfonamides is 1. The number of sulfonamides is 1. The molecule has 0 heterocycles. The van der Waals surface area contributed by atoms with Gasteiger partial charge in [0.2, 0.25) is 15.9 Å². The molecule has 0 saturated carbocycles. The number of nitrogens with one attached hydrogen (secondary N) is 1. The number of nitriles is 1. The van der Waals surface area contributed by atoms with E-state index >= 15 is 0 Å². The molecule has 0 aromatic heterocycles. The standard InChI is InChI=1S/C24H21F2N3O5S/c1-14-7-19(35(28,31)32)4-5-20(14)29-23(30)11-15-3-6-21(33-2)22(10-15)34-18-9-16(13-27)8-17(12-18)24(25)26/h3-10,12,24H,11H2,1-2H3,(H,29,30)(H2,28,31,32). The molecule has 0 aliphatic rings. The van der Waals surface area contributed by atoms with Crippen molar-refractivity contribution in [2.75, 3.05) is 12.4 Å². The predicted octanol–water partition coefficient (Wildman–Crippen LogP) is 4.43. The highest BCUT2D eigenvalue weighted by Crippen LogP contribution is 2.35. The Hall–Kier alpha value is -4.01. The Balaban J connectivity index is 1.81. The largest absolute Gasteiger partial charge is 0.493 e. The number of amides is 1. The smallest absolute Gasteiger partial charge is 0.264 e. The van der Waals surface area contributed by atoms with E-state index in [1.165, 1.54) is 37.4 Å². The zero-order valence-electron chi connectivity index (χ0n) is 18.7. The number of halogens is 2. The minimum atomic E-state index is -3.87. The number of anilines is 1. The van der Waals surface area contributed by atoms with E-state index in [1.807, 2.05) is 6.07 Å². The SMILES string of the molecule is COc1ccc(CC(=O)Nc2ccc(S(N)(=O)=O)cc2C)cc1Oc1cc(C#N)cc(C(F)F)c1. The Morgan fingerprint density at radius 1 is 1.11 bits per heavy atom. The predicted molar refractivity (Wildman–Crippen MR) is 124 cm³/mol. The van der Waals surface area contributed by atoms with Crippen molar-refractivity contribution in [1.82, 2.24) is 0 Å². The molecule has 0 fully saturated rings. The van der Waals surface area contributed by atoms with Crippen LogP contribution in [0.4, 0.5) is 14.5 Å². The highest BCUT2D eigenvalue weighted by atomic mass is 32.2. The van der Waals surface area contributed by atoms with Crippen molar-refractivity contribution in [1.29, 1.82) is 5.26 Å². The number of ether oxygens (including phenoxy) is 2. The Labute approximate surface area is 200 Å². The third kappa shape index (κ3) is 6.53. The molecule has 3 aromatic carbocycles. The molecule has 3 rings (SSSR count). The lowest BCUT2D eigenvalue weighted by atomic mass is 10.1. The summed E-state index contributed by atoms with van der Waals surface area (Å²) in [5, 5.41) is 16.9. The summed E-state index contributed by atoms with van der Waals surface area (Å²) in [5.74, 6) is 0.0928. The first kappa shape index (κ1) is 25.6. The molecular formula is C24H21F2N3O5S.